The number of nitrogens with zero attached hydrogens (tertiary/aromatic N) is 2. The number of hydrogen-bond acceptors (Lipinski definition) is 6. The van der Waals surface area contributed by atoms with Gasteiger partial charge in [0, 0.05) is 25.4 Å². The van der Waals surface area contributed by atoms with Gasteiger partial charge in [-0.1, -0.05) is 0 Å². The van der Waals surface area contributed by atoms with Gasteiger partial charge in [-0.15, -0.1) is 0 Å². The summed E-state index contributed by atoms with van der Waals surface area (Å²) in [5.41, 5.74) is 11.2. The van der Waals surface area contributed by atoms with E-state index in [-0.39, 0.29) is 19.5 Å². The largest absolute Gasteiger partial charge is 0.357 e. The number of likely N-dealkylation sites (N-methyl/N-ethyl adjacent to an activating group) is 1. The van der Waals surface area contributed by atoms with Crippen LogP contribution in [0, 0.1) is 0 Å². The van der Waals surface area contributed by atoms with Gasteiger partial charge in [0.15, 0.2) is 0 Å². The van der Waals surface area contributed by atoms with Crippen LogP contribution in [0.2, 0.25) is 0 Å². The first-order valence-electron chi connectivity index (χ1n) is 5.99. The number of carbonyl (C=O) groups is 3. The van der Waals surface area contributed by atoms with Crippen LogP contribution in [0.25, 0.3) is 0 Å². The molecule has 0 aliphatic carbocycles. The van der Waals surface area contributed by atoms with E-state index in [1.807, 2.05) is 0 Å². The van der Waals surface area contributed by atoms with E-state index in [0.717, 1.165) is 4.90 Å². The fourth-order valence-corrected chi connectivity index (χ4v) is 1.76. The lowest BCUT2D eigenvalue weighted by atomic mass is 10.1. The highest BCUT2D eigenvalue weighted by Gasteiger charge is 2.33. The number of H-pyrrole nitrogens is 1. The fraction of sp³-hybridized carbons (Fsp3) is 0.455. The standard InChI is InChI=1S/C11H18N6O3/c1-14-11(20)8(2-7-5-15-6-16-7)17(9(18)3-12)10(19)4-13/h5-6,8H,2-4,12-13H2,1H3,(H,14,20)(H,15,16)/t8-/m0/s1. The third kappa shape index (κ3) is 3.62. The molecule has 9 heteroatoms. The number of rotatable bonds is 6. The van der Waals surface area contributed by atoms with Crippen LogP contribution < -0.4 is 16.8 Å². The predicted octanol–water partition coefficient (Wildman–Crippen LogP) is -2.66. The van der Waals surface area contributed by atoms with E-state index in [2.05, 4.69) is 15.3 Å². The molecule has 1 rings (SSSR count). The Morgan fingerprint density at radius 1 is 1.35 bits per heavy atom. The molecule has 0 radical (unpaired) electrons. The van der Waals surface area contributed by atoms with E-state index in [1.165, 1.54) is 19.6 Å². The van der Waals surface area contributed by atoms with Crippen molar-refractivity contribution in [1.29, 1.82) is 0 Å². The van der Waals surface area contributed by atoms with Gasteiger partial charge in [0.25, 0.3) is 0 Å². The first-order chi connectivity index (χ1) is 9.54. The third-order valence-corrected chi connectivity index (χ3v) is 2.72. The second-order valence-electron chi connectivity index (χ2n) is 3.98. The van der Waals surface area contributed by atoms with Crippen molar-refractivity contribution >= 4 is 17.7 Å². The van der Waals surface area contributed by atoms with Crippen molar-refractivity contribution in [1.82, 2.24) is 20.2 Å². The third-order valence-electron chi connectivity index (χ3n) is 2.72. The summed E-state index contributed by atoms with van der Waals surface area (Å²) in [7, 11) is 1.42. The minimum Gasteiger partial charge on any atom is -0.357 e. The molecule has 1 aromatic rings. The van der Waals surface area contributed by atoms with E-state index in [9.17, 15) is 14.4 Å². The molecule has 0 unspecified atom stereocenters. The molecular weight excluding hydrogens is 264 g/mol. The van der Waals surface area contributed by atoms with Crippen LogP contribution >= 0.6 is 0 Å². The molecule has 0 aliphatic heterocycles. The summed E-state index contributed by atoms with van der Waals surface area (Å²) in [6, 6.07) is -1.02. The summed E-state index contributed by atoms with van der Waals surface area (Å²) in [6.45, 7) is -0.773. The van der Waals surface area contributed by atoms with Gasteiger partial charge in [-0.05, 0) is 0 Å². The number of imidazole rings is 1. The van der Waals surface area contributed by atoms with E-state index in [4.69, 9.17) is 11.5 Å². The van der Waals surface area contributed by atoms with E-state index in [1.54, 1.807) is 0 Å². The first-order valence-corrected chi connectivity index (χ1v) is 5.99. The molecule has 0 bridgehead atoms. The topological polar surface area (TPSA) is 147 Å². The number of nitrogens with two attached hydrogens (primary N) is 2. The molecule has 20 heavy (non-hydrogen) atoms. The lowest BCUT2D eigenvalue weighted by Crippen LogP contribution is -2.55. The Balaban J connectivity index is 3.07. The van der Waals surface area contributed by atoms with Gasteiger partial charge in [-0.25, -0.2) is 4.98 Å². The normalized spacial score (nSPS) is 11.8. The van der Waals surface area contributed by atoms with Crippen LogP contribution in [-0.2, 0) is 20.8 Å². The van der Waals surface area contributed by atoms with Crippen molar-refractivity contribution in [3.05, 3.63) is 18.2 Å². The summed E-state index contributed by atoms with van der Waals surface area (Å²) in [5.74, 6) is -1.80. The minimum atomic E-state index is -1.02. The lowest BCUT2D eigenvalue weighted by molar-refractivity contribution is -0.150. The van der Waals surface area contributed by atoms with Crippen LogP contribution in [0.4, 0.5) is 0 Å². The molecule has 1 atom stereocenters. The Morgan fingerprint density at radius 2 is 1.95 bits per heavy atom. The van der Waals surface area contributed by atoms with Crippen LogP contribution in [-0.4, -0.2) is 58.8 Å². The summed E-state index contributed by atoms with van der Waals surface area (Å²) >= 11 is 0. The summed E-state index contributed by atoms with van der Waals surface area (Å²) in [6.07, 6.45) is 3.06. The van der Waals surface area contributed by atoms with E-state index < -0.39 is 23.8 Å². The number of aromatic nitrogens is 2. The number of hydrogen-bond donors (Lipinski definition) is 4. The average Bonchev–Trinajstić information content (AvgIpc) is 2.97. The average molecular weight is 282 g/mol. The van der Waals surface area contributed by atoms with Crippen molar-refractivity contribution in [2.75, 3.05) is 20.1 Å². The fourth-order valence-electron chi connectivity index (χ4n) is 1.76. The van der Waals surface area contributed by atoms with Crippen LogP contribution in [0.3, 0.4) is 0 Å². The van der Waals surface area contributed by atoms with Gasteiger partial charge in [0.05, 0.1) is 19.4 Å². The second kappa shape index (κ2) is 7.36. The SMILES string of the molecule is CNC(=O)[C@H](Cc1cnc[nH]1)N(C(=O)CN)C(=O)CN. The van der Waals surface area contributed by atoms with Gasteiger partial charge in [-0.2, -0.15) is 0 Å². The molecule has 0 saturated carbocycles. The molecule has 1 aromatic heterocycles. The Hall–Kier alpha value is -2.26. The molecule has 110 valence electrons. The Labute approximate surface area is 115 Å². The van der Waals surface area contributed by atoms with Crippen molar-refractivity contribution in [2.24, 2.45) is 11.5 Å². The molecule has 3 amide bonds. The zero-order valence-corrected chi connectivity index (χ0v) is 11.1. The molecule has 9 nitrogen and oxygen atoms in total. The Bertz CT molecular complexity index is 457. The number of carbonyl (C=O) groups excluding carboxylic acids is 3. The highest BCUT2D eigenvalue weighted by Crippen LogP contribution is 2.08. The maximum absolute atomic E-state index is 11.9. The Kier molecular flexibility index (Phi) is 5.81. The lowest BCUT2D eigenvalue weighted by Gasteiger charge is -2.28. The molecule has 0 fully saturated rings. The van der Waals surface area contributed by atoms with Gasteiger partial charge in [0.2, 0.25) is 17.7 Å². The highest BCUT2D eigenvalue weighted by atomic mass is 16.2. The van der Waals surface area contributed by atoms with Gasteiger partial charge in [-0.3, -0.25) is 19.3 Å². The minimum absolute atomic E-state index is 0.108. The summed E-state index contributed by atoms with van der Waals surface area (Å²) in [4.78, 5) is 43.0. The molecule has 0 aromatic carbocycles. The van der Waals surface area contributed by atoms with Crippen molar-refractivity contribution < 1.29 is 14.4 Å². The maximum Gasteiger partial charge on any atom is 0.243 e. The first kappa shape index (κ1) is 15.8. The summed E-state index contributed by atoms with van der Waals surface area (Å²) in [5, 5.41) is 2.41. The van der Waals surface area contributed by atoms with Crippen LogP contribution in [0.5, 0.6) is 0 Å². The monoisotopic (exact) mass is 282 g/mol. The van der Waals surface area contributed by atoms with Crippen molar-refractivity contribution in [2.45, 2.75) is 12.5 Å². The van der Waals surface area contributed by atoms with E-state index >= 15 is 0 Å². The predicted molar refractivity (Wildman–Crippen MR) is 70.1 cm³/mol. The Morgan fingerprint density at radius 3 is 2.35 bits per heavy atom. The highest BCUT2D eigenvalue weighted by molar-refractivity contribution is 6.01. The molecule has 0 spiro atoms. The van der Waals surface area contributed by atoms with Crippen molar-refractivity contribution in [3.8, 4) is 0 Å². The molecule has 1 heterocycles. The molecule has 0 saturated heterocycles. The number of aromatic amines is 1. The zero-order chi connectivity index (χ0) is 15.1. The quantitative estimate of drug-likeness (QED) is 0.447. The smallest absolute Gasteiger partial charge is 0.243 e. The molecule has 6 N–H and O–H groups in total. The maximum atomic E-state index is 11.9. The summed E-state index contributed by atoms with van der Waals surface area (Å²) < 4.78 is 0. The van der Waals surface area contributed by atoms with Gasteiger partial charge in [0.1, 0.15) is 6.04 Å². The molecule has 0 aliphatic rings. The second-order valence-corrected chi connectivity index (χ2v) is 3.98. The number of amides is 3. The van der Waals surface area contributed by atoms with Gasteiger partial charge < -0.3 is 21.8 Å². The molecular formula is C11H18N6O3. The van der Waals surface area contributed by atoms with Crippen molar-refractivity contribution in [3.63, 3.8) is 0 Å². The number of imide groups is 1. The zero-order valence-electron chi connectivity index (χ0n) is 11.1. The van der Waals surface area contributed by atoms with Crippen LogP contribution in [0.1, 0.15) is 5.69 Å². The van der Waals surface area contributed by atoms with Gasteiger partial charge >= 0.3 is 0 Å². The van der Waals surface area contributed by atoms with E-state index in [0.29, 0.717) is 5.69 Å². The number of nitrogens with one attached hydrogen (secondary N) is 2. The van der Waals surface area contributed by atoms with Crippen LogP contribution in [0.15, 0.2) is 12.5 Å².